The van der Waals surface area contributed by atoms with Gasteiger partial charge in [-0.1, -0.05) is 25.7 Å². The minimum absolute atomic E-state index is 0.0548. The van der Waals surface area contributed by atoms with Crippen molar-refractivity contribution in [3.63, 3.8) is 0 Å². The van der Waals surface area contributed by atoms with E-state index in [4.69, 9.17) is 5.11 Å². The van der Waals surface area contributed by atoms with Crippen LogP contribution in [-0.2, 0) is 14.6 Å². The lowest BCUT2D eigenvalue weighted by molar-refractivity contribution is -0.138. The first kappa shape index (κ1) is 16.7. The second-order valence-electron chi connectivity index (χ2n) is 6.40. The van der Waals surface area contributed by atoms with Gasteiger partial charge < -0.3 is 10.2 Å². The molecule has 2 unspecified atom stereocenters. The zero-order valence-corrected chi connectivity index (χ0v) is 13.1. The Morgan fingerprint density at radius 1 is 1.29 bits per heavy atom. The Hall–Kier alpha value is -0.660. The number of aliphatic hydroxyl groups excluding tert-OH is 1. The summed E-state index contributed by atoms with van der Waals surface area (Å²) in [6, 6.07) is -0.514. The molecule has 0 aromatic heterocycles. The molecule has 2 N–H and O–H groups in total. The van der Waals surface area contributed by atoms with E-state index in [2.05, 4.69) is 0 Å². The third-order valence-electron chi connectivity index (χ3n) is 4.59. The summed E-state index contributed by atoms with van der Waals surface area (Å²) >= 11 is 0. The summed E-state index contributed by atoms with van der Waals surface area (Å²) in [5.74, 6) is -0.492. The number of carbonyl (C=O) groups is 1. The van der Waals surface area contributed by atoms with Gasteiger partial charge in [0.2, 0.25) is 0 Å². The standard InChI is InChI=1S/C14H25NO5S/c16-13(7-11-3-1-2-4-11)9-15-5-6-21(19,20)10-12(15)8-14(17)18/h11-13,16H,1-10H2,(H,17,18). The molecule has 7 heteroatoms. The molecule has 2 aliphatic rings. The van der Waals surface area contributed by atoms with Crippen molar-refractivity contribution in [1.82, 2.24) is 4.90 Å². The van der Waals surface area contributed by atoms with Gasteiger partial charge in [-0.3, -0.25) is 9.69 Å². The van der Waals surface area contributed by atoms with E-state index in [1.807, 2.05) is 4.90 Å². The number of aliphatic hydroxyl groups is 1. The van der Waals surface area contributed by atoms with Crippen molar-refractivity contribution < 1.29 is 23.4 Å². The summed E-state index contributed by atoms with van der Waals surface area (Å²) in [7, 11) is -3.16. The van der Waals surface area contributed by atoms with E-state index in [0.29, 0.717) is 19.0 Å². The largest absolute Gasteiger partial charge is 0.481 e. The number of carboxylic acid groups (broad SMARTS) is 1. The van der Waals surface area contributed by atoms with Crippen molar-refractivity contribution in [3.8, 4) is 0 Å². The van der Waals surface area contributed by atoms with Gasteiger partial charge in [-0.15, -0.1) is 0 Å². The van der Waals surface area contributed by atoms with Gasteiger partial charge in [-0.2, -0.15) is 0 Å². The van der Waals surface area contributed by atoms with Crippen LogP contribution in [-0.4, -0.2) is 66.2 Å². The fraction of sp³-hybridized carbons (Fsp3) is 0.929. The molecule has 1 saturated carbocycles. The molecule has 0 aromatic rings. The molecule has 6 nitrogen and oxygen atoms in total. The normalized spacial score (nSPS) is 28.5. The van der Waals surface area contributed by atoms with Crippen LogP contribution >= 0.6 is 0 Å². The number of nitrogens with zero attached hydrogens (tertiary/aromatic N) is 1. The van der Waals surface area contributed by atoms with Crippen molar-refractivity contribution >= 4 is 15.8 Å². The number of β-amino-alcohol motifs (C(OH)–C–C–N with tert-alkyl or cyclic N) is 1. The van der Waals surface area contributed by atoms with Gasteiger partial charge in [0.15, 0.2) is 9.84 Å². The number of rotatable bonds is 6. The molecule has 0 amide bonds. The van der Waals surface area contributed by atoms with Gasteiger partial charge in [0.25, 0.3) is 0 Å². The summed E-state index contributed by atoms with van der Waals surface area (Å²) in [5.41, 5.74) is 0. The number of hydrogen-bond donors (Lipinski definition) is 2. The second-order valence-corrected chi connectivity index (χ2v) is 8.63. The van der Waals surface area contributed by atoms with E-state index in [1.54, 1.807) is 0 Å². The highest BCUT2D eigenvalue weighted by Gasteiger charge is 2.33. The molecule has 1 aliphatic heterocycles. The maximum atomic E-state index is 11.7. The van der Waals surface area contributed by atoms with Gasteiger partial charge in [-0.05, 0) is 12.3 Å². The molecule has 1 heterocycles. The molecule has 1 saturated heterocycles. The van der Waals surface area contributed by atoms with Crippen LogP contribution in [0, 0.1) is 5.92 Å². The van der Waals surface area contributed by atoms with Crippen LogP contribution in [0.1, 0.15) is 38.5 Å². The molecule has 0 aromatic carbocycles. The van der Waals surface area contributed by atoms with Crippen molar-refractivity contribution in [1.29, 1.82) is 0 Å². The summed E-state index contributed by atoms with van der Waals surface area (Å²) in [4.78, 5) is 12.7. The summed E-state index contributed by atoms with van der Waals surface area (Å²) in [6.07, 6.45) is 4.82. The Balaban J connectivity index is 1.90. The Morgan fingerprint density at radius 2 is 1.95 bits per heavy atom. The van der Waals surface area contributed by atoms with Gasteiger partial charge in [0.1, 0.15) is 0 Å². The van der Waals surface area contributed by atoms with Gasteiger partial charge in [0, 0.05) is 19.1 Å². The zero-order valence-electron chi connectivity index (χ0n) is 12.3. The fourth-order valence-electron chi connectivity index (χ4n) is 3.53. The van der Waals surface area contributed by atoms with E-state index in [0.717, 1.165) is 19.3 Å². The molecule has 0 radical (unpaired) electrons. The second kappa shape index (κ2) is 7.07. The van der Waals surface area contributed by atoms with E-state index in [9.17, 15) is 18.3 Å². The molecule has 122 valence electrons. The number of carboxylic acids is 1. The number of sulfone groups is 1. The molecule has 2 fully saturated rings. The predicted molar refractivity (Wildman–Crippen MR) is 78.8 cm³/mol. The molecular formula is C14H25NO5S. The van der Waals surface area contributed by atoms with Crippen LogP contribution in [0.25, 0.3) is 0 Å². The fourth-order valence-corrected chi connectivity index (χ4v) is 5.12. The maximum absolute atomic E-state index is 11.7. The molecule has 0 spiro atoms. The smallest absolute Gasteiger partial charge is 0.304 e. The van der Waals surface area contributed by atoms with Crippen molar-refractivity contribution in [2.24, 2.45) is 5.92 Å². The van der Waals surface area contributed by atoms with Crippen molar-refractivity contribution in [2.75, 3.05) is 24.6 Å². The molecule has 2 atom stereocenters. The van der Waals surface area contributed by atoms with Crippen LogP contribution < -0.4 is 0 Å². The maximum Gasteiger partial charge on any atom is 0.304 e. The first-order valence-corrected chi connectivity index (χ1v) is 9.52. The lowest BCUT2D eigenvalue weighted by Crippen LogP contribution is -2.51. The lowest BCUT2D eigenvalue weighted by Gasteiger charge is -2.36. The average Bonchev–Trinajstić information content (AvgIpc) is 2.84. The molecule has 2 rings (SSSR count). The highest BCUT2D eigenvalue weighted by atomic mass is 32.2. The quantitative estimate of drug-likeness (QED) is 0.740. The third kappa shape index (κ3) is 5.23. The Bertz CT molecular complexity index is 458. The highest BCUT2D eigenvalue weighted by Crippen LogP contribution is 2.29. The van der Waals surface area contributed by atoms with E-state index >= 15 is 0 Å². The monoisotopic (exact) mass is 319 g/mol. The zero-order chi connectivity index (χ0) is 15.5. The minimum Gasteiger partial charge on any atom is -0.481 e. The Morgan fingerprint density at radius 3 is 2.57 bits per heavy atom. The number of hydrogen-bond acceptors (Lipinski definition) is 5. The van der Waals surface area contributed by atoms with E-state index < -0.39 is 28.0 Å². The topological polar surface area (TPSA) is 94.9 Å². The van der Waals surface area contributed by atoms with Crippen LogP contribution in [0.5, 0.6) is 0 Å². The first-order chi connectivity index (χ1) is 9.85. The van der Waals surface area contributed by atoms with Crippen molar-refractivity contribution in [2.45, 2.75) is 50.7 Å². The van der Waals surface area contributed by atoms with E-state index in [-0.39, 0.29) is 17.9 Å². The summed E-state index contributed by atoms with van der Waals surface area (Å²) < 4.78 is 23.3. The first-order valence-electron chi connectivity index (χ1n) is 7.70. The predicted octanol–water partition coefficient (Wildman–Crippen LogP) is 0.501. The van der Waals surface area contributed by atoms with Crippen molar-refractivity contribution in [3.05, 3.63) is 0 Å². The van der Waals surface area contributed by atoms with Gasteiger partial charge in [0.05, 0.1) is 24.0 Å². The van der Waals surface area contributed by atoms with Crippen LogP contribution in [0.15, 0.2) is 0 Å². The number of aliphatic carboxylic acids is 1. The van der Waals surface area contributed by atoms with Gasteiger partial charge in [-0.25, -0.2) is 8.42 Å². The summed E-state index contributed by atoms with van der Waals surface area (Å²) in [6.45, 7) is 0.700. The van der Waals surface area contributed by atoms with E-state index in [1.165, 1.54) is 12.8 Å². The third-order valence-corrected chi connectivity index (χ3v) is 6.29. The van der Waals surface area contributed by atoms with Crippen LogP contribution in [0.4, 0.5) is 0 Å². The molecular weight excluding hydrogens is 294 g/mol. The molecule has 0 bridgehead atoms. The Kier molecular flexibility index (Phi) is 5.62. The van der Waals surface area contributed by atoms with Crippen LogP contribution in [0.2, 0.25) is 0 Å². The lowest BCUT2D eigenvalue weighted by atomic mass is 9.99. The molecule has 21 heavy (non-hydrogen) atoms. The van der Waals surface area contributed by atoms with Gasteiger partial charge >= 0.3 is 5.97 Å². The minimum atomic E-state index is -3.16. The van der Waals surface area contributed by atoms with Crippen LogP contribution in [0.3, 0.4) is 0 Å². The Labute approximate surface area is 126 Å². The average molecular weight is 319 g/mol. The summed E-state index contributed by atoms with van der Waals surface area (Å²) in [5, 5.41) is 19.1. The SMILES string of the molecule is O=C(O)CC1CS(=O)(=O)CCN1CC(O)CC1CCCC1. The highest BCUT2D eigenvalue weighted by molar-refractivity contribution is 7.91. The molecule has 1 aliphatic carbocycles.